The van der Waals surface area contributed by atoms with E-state index in [4.69, 9.17) is 0 Å². The molecule has 0 aromatic heterocycles. The van der Waals surface area contributed by atoms with Crippen molar-refractivity contribution in [2.45, 2.75) is 53.1 Å². The molecule has 1 rings (SSSR count). The Kier molecular flexibility index (Phi) is 6.05. The number of sulfone groups is 1. The van der Waals surface area contributed by atoms with Gasteiger partial charge in [-0.15, -0.1) is 0 Å². The topological polar surface area (TPSA) is 49.4 Å². The second-order valence-corrected chi connectivity index (χ2v) is 9.88. The minimum Gasteiger partial charge on any atom is -0.311 e. The lowest BCUT2D eigenvalue weighted by Gasteiger charge is -2.47. The molecule has 1 heterocycles. The molecule has 0 aromatic rings. The quantitative estimate of drug-likeness (QED) is 0.841. The molecule has 0 saturated carbocycles. The molecule has 0 radical (unpaired) electrons. The van der Waals surface area contributed by atoms with Gasteiger partial charge in [-0.2, -0.15) is 0 Å². The average molecular weight is 305 g/mol. The van der Waals surface area contributed by atoms with E-state index in [1.54, 1.807) is 0 Å². The summed E-state index contributed by atoms with van der Waals surface area (Å²) < 4.78 is 22.6. The van der Waals surface area contributed by atoms with Crippen LogP contribution in [0.3, 0.4) is 0 Å². The molecule has 2 unspecified atom stereocenters. The Morgan fingerprint density at radius 2 is 1.90 bits per heavy atom. The third kappa shape index (κ3) is 5.70. The first-order valence-corrected chi connectivity index (χ1v) is 9.72. The molecule has 4 nitrogen and oxygen atoms in total. The highest BCUT2D eigenvalue weighted by Gasteiger charge is 2.35. The molecular formula is C15H32N2O2S. The normalized spacial score (nSPS) is 26.1. The van der Waals surface area contributed by atoms with Crippen LogP contribution in [0, 0.1) is 11.3 Å². The molecule has 1 fully saturated rings. The molecule has 20 heavy (non-hydrogen) atoms. The molecule has 1 aliphatic heterocycles. The van der Waals surface area contributed by atoms with Crippen LogP contribution in [0.5, 0.6) is 0 Å². The predicted molar refractivity (Wildman–Crippen MR) is 85.8 cm³/mol. The van der Waals surface area contributed by atoms with Crippen molar-refractivity contribution in [1.82, 2.24) is 10.2 Å². The maximum absolute atomic E-state index is 11.3. The summed E-state index contributed by atoms with van der Waals surface area (Å²) >= 11 is 0. The molecule has 1 N–H and O–H groups in total. The monoisotopic (exact) mass is 304 g/mol. The van der Waals surface area contributed by atoms with Gasteiger partial charge in [0.25, 0.3) is 0 Å². The van der Waals surface area contributed by atoms with E-state index in [1.165, 1.54) is 6.26 Å². The molecule has 0 aromatic carbocycles. The second-order valence-electron chi connectivity index (χ2n) is 7.62. The van der Waals surface area contributed by atoms with Crippen molar-refractivity contribution in [3.8, 4) is 0 Å². The van der Waals surface area contributed by atoms with E-state index in [0.717, 1.165) is 26.1 Å². The predicted octanol–water partition coefficient (Wildman–Crippen LogP) is 1.77. The molecule has 0 aliphatic carbocycles. The largest absolute Gasteiger partial charge is 0.311 e. The van der Waals surface area contributed by atoms with Crippen LogP contribution in [0.4, 0.5) is 0 Å². The van der Waals surface area contributed by atoms with Crippen LogP contribution < -0.4 is 5.32 Å². The van der Waals surface area contributed by atoms with E-state index in [2.05, 4.69) is 44.8 Å². The van der Waals surface area contributed by atoms with Crippen molar-refractivity contribution in [2.24, 2.45) is 11.3 Å². The van der Waals surface area contributed by atoms with Gasteiger partial charge < -0.3 is 5.32 Å². The lowest BCUT2D eigenvalue weighted by atomic mass is 9.83. The van der Waals surface area contributed by atoms with Crippen LogP contribution in [0.2, 0.25) is 0 Å². The zero-order valence-electron chi connectivity index (χ0n) is 13.9. The third-order valence-corrected chi connectivity index (χ3v) is 5.24. The smallest absolute Gasteiger partial charge is 0.147 e. The number of nitrogens with one attached hydrogen (secondary N) is 1. The van der Waals surface area contributed by atoms with Crippen LogP contribution >= 0.6 is 0 Å². The second kappa shape index (κ2) is 6.75. The highest BCUT2D eigenvalue weighted by Crippen LogP contribution is 2.27. The van der Waals surface area contributed by atoms with Gasteiger partial charge in [0.15, 0.2) is 0 Å². The van der Waals surface area contributed by atoms with Crippen molar-refractivity contribution in [3.63, 3.8) is 0 Å². The van der Waals surface area contributed by atoms with Gasteiger partial charge in [-0.1, -0.05) is 34.6 Å². The van der Waals surface area contributed by atoms with E-state index < -0.39 is 9.84 Å². The molecule has 1 aliphatic rings. The van der Waals surface area contributed by atoms with Crippen molar-refractivity contribution < 1.29 is 8.42 Å². The molecule has 5 heteroatoms. The number of nitrogens with zero attached hydrogens (tertiary/aromatic N) is 1. The Bertz CT molecular complexity index is 399. The number of hydrogen-bond acceptors (Lipinski definition) is 4. The van der Waals surface area contributed by atoms with E-state index >= 15 is 0 Å². The van der Waals surface area contributed by atoms with Gasteiger partial charge in [0.05, 0.1) is 5.75 Å². The lowest BCUT2D eigenvalue weighted by molar-refractivity contribution is 0.0465. The first-order chi connectivity index (χ1) is 9.00. The summed E-state index contributed by atoms with van der Waals surface area (Å²) in [6.45, 7) is 14.2. The minimum absolute atomic E-state index is 0.208. The molecule has 0 spiro atoms. The molecule has 0 bridgehead atoms. The number of hydrogen-bond donors (Lipinski definition) is 1. The molecule has 2 atom stereocenters. The zero-order chi connectivity index (χ0) is 15.6. The summed E-state index contributed by atoms with van der Waals surface area (Å²) in [5, 5.41) is 3.65. The van der Waals surface area contributed by atoms with Crippen LogP contribution in [0.1, 0.15) is 41.0 Å². The molecule has 1 saturated heterocycles. The maximum atomic E-state index is 11.3. The van der Waals surface area contributed by atoms with Gasteiger partial charge in [-0.3, -0.25) is 4.90 Å². The SMILES string of the molecule is CC(C)C1CN(CCCS(C)(=O)=O)C(C(C)(C)C)CN1. The Morgan fingerprint density at radius 1 is 1.30 bits per heavy atom. The third-order valence-electron chi connectivity index (χ3n) is 4.21. The Balaban J connectivity index is 2.67. The molecular weight excluding hydrogens is 272 g/mol. The Labute approximate surface area is 125 Å². The van der Waals surface area contributed by atoms with Crippen molar-refractivity contribution in [1.29, 1.82) is 0 Å². The van der Waals surface area contributed by atoms with E-state index in [1.807, 2.05) is 0 Å². The fourth-order valence-corrected chi connectivity index (χ4v) is 3.57. The van der Waals surface area contributed by atoms with Crippen LogP contribution in [-0.2, 0) is 9.84 Å². The van der Waals surface area contributed by atoms with E-state index in [0.29, 0.717) is 23.8 Å². The first kappa shape index (κ1) is 17.9. The van der Waals surface area contributed by atoms with Crippen molar-refractivity contribution >= 4 is 9.84 Å². The van der Waals surface area contributed by atoms with Gasteiger partial charge in [0, 0.05) is 31.4 Å². The summed E-state index contributed by atoms with van der Waals surface area (Å²) in [5.74, 6) is 0.897. The zero-order valence-corrected chi connectivity index (χ0v) is 14.8. The van der Waals surface area contributed by atoms with E-state index in [9.17, 15) is 8.42 Å². The van der Waals surface area contributed by atoms with Crippen molar-refractivity contribution in [3.05, 3.63) is 0 Å². The van der Waals surface area contributed by atoms with Crippen LogP contribution in [-0.4, -0.2) is 57.0 Å². The maximum Gasteiger partial charge on any atom is 0.147 e. The number of rotatable bonds is 5. The standard InChI is InChI=1S/C15H32N2O2S/c1-12(2)13-11-17(8-7-9-20(6,18)19)14(10-16-13)15(3,4)5/h12-14,16H,7-11H2,1-6H3. The van der Waals surface area contributed by atoms with Gasteiger partial charge >= 0.3 is 0 Å². The molecule has 0 amide bonds. The van der Waals surface area contributed by atoms with Crippen LogP contribution in [0.25, 0.3) is 0 Å². The molecule has 120 valence electrons. The van der Waals surface area contributed by atoms with Gasteiger partial charge in [0.2, 0.25) is 0 Å². The summed E-state index contributed by atoms with van der Waals surface area (Å²) in [4.78, 5) is 2.49. The fraction of sp³-hybridized carbons (Fsp3) is 1.00. The van der Waals surface area contributed by atoms with Gasteiger partial charge in [-0.25, -0.2) is 8.42 Å². The van der Waals surface area contributed by atoms with Gasteiger partial charge in [0.1, 0.15) is 9.84 Å². The summed E-state index contributed by atoms with van der Waals surface area (Å²) in [6, 6.07) is 0.976. The highest BCUT2D eigenvalue weighted by molar-refractivity contribution is 7.90. The highest BCUT2D eigenvalue weighted by atomic mass is 32.2. The first-order valence-electron chi connectivity index (χ1n) is 7.66. The number of piperazine rings is 1. The summed E-state index contributed by atoms with van der Waals surface area (Å²) in [6.07, 6.45) is 2.05. The Hall–Kier alpha value is -0.130. The van der Waals surface area contributed by atoms with E-state index in [-0.39, 0.29) is 5.41 Å². The average Bonchev–Trinajstić information content (AvgIpc) is 2.25. The minimum atomic E-state index is -2.85. The fourth-order valence-electron chi connectivity index (χ4n) is 2.91. The Morgan fingerprint density at radius 3 is 2.35 bits per heavy atom. The van der Waals surface area contributed by atoms with Crippen LogP contribution in [0.15, 0.2) is 0 Å². The summed E-state index contributed by atoms with van der Waals surface area (Å²) in [5.41, 5.74) is 0.208. The van der Waals surface area contributed by atoms with Gasteiger partial charge in [-0.05, 0) is 24.3 Å². The van der Waals surface area contributed by atoms with Crippen molar-refractivity contribution in [2.75, 3.05) is 31.6 Å². The summed E-state index contributed by atoms with van der Waals surface area (Å²) in [7, 11) is -2.85. The lowest BCUT2D eigenvalue weighted by Crippen LogP contribution is -2.61.